The van der Waals surface area contributed by atoms with Crippen LogP contribution in [0.4, 0.5) is 5.88 Å². The Hall–Kier alpha value is -2.55. The molecule has 0 spiro atoms. The van der Waals surface area contributed by atoms with Gasteiger partial charge >= 0.3 is 5.88 Å². The van der Waals surface area contributed by atoms with E-state index in [0.717, 1.165) is 37.0 Å². The quantitative estimate of drug-likeness (QED) is 0.318. The zero-order chi connectivity index (χ0) is 17.1. The molecule has 1 aliphatic heterocycles. The number of aromatic amines is 1. The summed E-state index contributed by atoms with van der Waals surface area (Å²) in [6.45, 7) is 1.87. The van der Waals surface area contributed by atoms with Gasteiger partial charge in [-0.1, -0.05) is 23.9 Å². The molecule has 1 aromatic carbocycles. The van der Waals surface area contributed by atoms with Crippen molar-refractivity contribution in [1.29, 1.82) is 0 Å². The molecule has 25 heavy (non-hydrogen) atoms. The van der Waals surface area contributed by atoms with Gasteiger partial charge in [-0.05, 0) is 37.3 Å². The SMILES string of the molecule is [O-]/C(CSc1nc2ccccc2[nH]1)=N/c1c[n+](N2CCCCC2)no1. The monoisotopic (exact) mass is 358 g/mol. The molecule has 0 aliphatic carbocycles. The maximum Gasteiger partial charge on any atom is 0.324 e. The highest BCUT2D eigenvalue weighted by molar-refractivity contribution is 7.99. The highest BCUT2D eigenvalue weighted by Crippen LogP contribution is 2.19. The summed E-state index contributed by atoms with van der Waals surface area (Å²) in [5, 5.41) is 18.8. The van der Waals surface area contributed by atoms with Crippen molar-refractivity contribution in [3.8, 4) is 0 Å². The molecule has 9 heteroatoms. The Morgan fingerprint density at radius 2 is 2.16 bits per heavy atom. The van der Waals surface area contributed by atoms with E-state index in [4.69, 9.17) is 4.52 Å². The molecule has 0 unspecified atom stereocenters. The van der Waals surface area contributed by atoms with Crippen molar-refractivity contribution < 1.29 is 14.4 Å². The minimum absolute atomic E-state index is 0.185. The lowest BCUT2D eigenvalue weighted by atomic mass is 10.2. The molecule has 8 nitrogen and oxygen atoms in total. The number of para-hydroxylation sites is 2. The molecule has 2 aromatic heterocycles. The van der Waals surface area contributed by atoms with E-state index >= 15 is 0 Å². The van der Waals surface area contributed by atoms with E-state index in [1.165, 1.54) is 18.2 Å². The molecular weight excluding hydrogens is 340 g/mol. The Labute approximate surface area is 148 Å². The lowest BCUT2D eigenvalue weighted by Crippen LogP contribution is -2.60. The van der Waals surface area contributed by atoms with Gasteiger partial charge in [0.15, 0.2) is 5.16 Å². The zero-order valence-electron chi connectivity index (χ0n) is 13.6. The van der Waals surface area contributed by atoms with Crippen LogP contribution in [-0.2, 0) is 0 Å². The summed E-state index contributed by atoms with van der Waals surface area (Å²) in [7, 11) is 0. The third-order valence-electron chi connectivity index (χ3n) is 4.00. The van der Waals surface area contributed by atoms with Crippen LogP contribution in [-0.4, -0.2) is 40.0 Å². The minimum atomic E-state index is -0.285. The number of imidazole rings is 1. The second-order valence-electron chi connectivity index (χ2n) is 5.83. The standard InChI is InChI=1S/C16H18N6O2S/c23-14(11-25-16-17-12-6-2-3-7-13(12)18-16)19-15-10-22(20-24-15)21-8-4-1-5-9-21/h2-3,6-7,10H,1,4-5,8-9,11H2,(H-,17,18,19,20,23). The van der Waals surface area contributed by atoms with E-state index < -0.39 is 0 Å². The third-order valence-corrected chi connectivity index (χ3v) is 4.86. The van der Waals surface area contributed by atoms with Gasteiger partial charge in [0.25, 0.3) is 6.20 Å². The number of H-pyrrole nitrogens is 1. The topological polar surface area (TPSA) is 97.2 Å². The molecule has 4 rings (SSSR count). The Kier molecular flexibility index (Phi) is 4.55. The predicted molar refractivity (Wildman–Crippen MR) is 92.4 cm³/mol. The van der Waals surface area contributed by atoms with E-state index in [0.29, 0.717) is 5.16 Å². The van der Waals surface area contributed by atoms with Crippen molar-refractivity contribution in [1.82, 2.24) is 15.2 Å². The van der Waals surface area contributed by atoms with Crippen molar-refractivity contribution in [2.24, 2.45) is 4.99 Å². The van der Waals surface area contributed by atoms with Crippen LogP contribution in [0.3, 0.4) is 0 Å². The Bertz CT molecular complexity index is 851. The molecule has 0 amide bonds. The number of aliphatic imine (C=N–C) groups is 1. The predicted octanol–water partition coefficient (Wildman–Crippen LogP) is 1.14. The maximum absolute atomic E-state index is 12.0. The molecule has 3 heterocycles. The number of rotatable bonds is 5. The van der Waals surface area contributed by atoms with Crippen LogP contribution in [0, 0.1) is 0 Å². The summed E-state index contributed by atoms with van der Waals surface area (Å²) in [6, 6.07) is 7.75. The first-order valence-electron chi connectivity index (χ1n) is 8.24. The Morgan fingerprint density at radius 1 is 1.32 bits per heavy atom. The van der Waals surface area contributed by atoms with Gasteiger partial charge < -0.3 is 10.1 Å². The number of piperidine rings is 1. The van der Waals surface area contributed by atoms with Gasteiger partial charge in [-0.3, -0.25) is 4.52 Å². The molecule has 0 radical (unpaired) electrons. The van der Waals surface area contributed by atoms with Gasteiger partial charge in [-0.25, -0.2) is 9.98 Å². The molecule has 1 fully saturated rings. The number of nitrogens with one attached hydrogen (secondary N) is 1. The van der Waals surface area contributed by atoms with Crippen LogP contribution in [0.25, 0.3) is 11.0 Å². The van der Waals surface area contributed by atoms with Gasteiger partial charge in [0.1, 0.15) is 0 Å². The first-order chi connectivity index (χ1) is 12.3. The van der Waals surface area contributed by atoms with Gasteiger partial charge in [-0.2, -0.15) is 5.01 Å². The summed E-state index contributed by atoms with van der Waals surface area (Å²) >= 11 is 1.32. The number of aromatic nitrogens is 4. The highest BCUT2D eigenvalue weighted by Gasteiger charge is 2.22. The number of benzene rings is 1. The fourth-order valence-electron chi connectivity index (χ4n) is 2.78. The van der Waals surface area contributed by atoms with Crippen molar-refractivity contribution in [3.63, 3.8) is 0 Å². The Balaban J connectivity index is 1.38. The first-order valence-corrected chi connectivity index (χ1v) is 9.22. The number of fused-ring (bicyclic) bond motifs is 1. The van der Waals surface area contributed by atoms with Crippen molar-refractivity contribution in [3.05, 3.63) is 30.5 Å². The highest BCUT2D eigenvalue weighted by atomic mass is 32.2. The van der Waals surface area contributed by atoms with E-state index in [2.05, 4.69) is 25.2 Å². The number of thioether (sulfide) groups is 1. The van der Waals surface area contributed by atoms with E-state index in [1.807, 2.05) is 24.3 Å². The fourth-order valence-corrected chi connectivity index (χ4v) is 3.45. The Morgan fingerprint density at radius 3 is 3.00 bits per heavy atom. The fraction of sp³-hybridized carbons (Fsp3) is 0.375. The smallest absolute Gasteiger partial charge is 0.324 e. The molecule has 0 saturated carbocycles. The lowest BCUT2D eigenvalue weighted by molar-refractivity contribution is -0.759. The number of hydrogen-bond acceptors (Lipinski definition) is 7. The van der Waals surface area contributed by atoms with E-state index in [-0.39, 0.29) is 17.5 Å². The normalized spacial score (nSPS) is 15.8. The molecule has 0 atom stereocenters. The van der Waals surface area contributed by atoms with Crippen LogP contribution in [0.5, 0.6) is 0 Å². The van der Waals surface area contributed by atoms with Gasteiger partial charge in [-0.15, -0.1) is 0 Å². The molecule has 1 aliphatic rings. The van der Waals surface area contributed by atoms with E-state index in [1.54, 1.807) is 11.0 Å². The molecular formula is C16H18N6O2S. The largest absolute Gasteiger partial charge is 0.861 e. The summed E-state index contributed by atoms with van der Waals surface area (Å²) in [6.07, 6.45) is 5.16. The van der Waals surface area contributed by atoms with E-state index in [9.17, 15) is 5.11 Å². The molecule has 1 saturated heterocycles. The summed E-state index contributed by atoms with van der Waals surface area (Å²) in [4.78, 5) is 13.2. The van der Waals surface area contributed by atoms with Crippen LogP contribution >= 0.6 is 11.8 Å². The number of nitrogens with zero attached hydrogens (tertiary/aromatic N) is 5. The molecule has 3 aromatic rings. The zero-order valence-corrected chi connectivity index (χ0v) is 14.4. The van der Waals surface area contributed by atoms with Gasteiger partial charge in [0.2, 0.25) is 5.27 Å². The maximum atomic E-state index is 12.0. The molecule has 0 bridgehead atoms. The van der Waals surface area contributed by atoms with Crippen LogP contribution in [0.15, 0.2) is 45.1 Å². The van der Waals surface area contributed by atoms with Crippen LogP contribution in [0.1, 0.15) is 19.3 Å². The average Bonchev–Trinajstić information content (AvgIpc) is 3.27. The first kappa shape index (κ1) is 15.9. The minimum Gasteiger partial charge on any atom is -0.861 e. The number of hydrogen-bond donors (Lipinski definition) is 1. The second-order valence-corrected chi connectivity index (χ2v) is 6.79. The average molecular weight is 358 g/mol. The second kappa shape index (κ2) is 7.14. The van der Waals surface area contributed by atoms with Crippen LogP contribution < -0.4 is 14.9 Å². The van der Waals surface area contributed by atoms with Crippen molar-refractivity contribution >= 4 is 34.6 Å². The summed E-state index contributed by atoms with van der Waals surface area (Å²) in [5.74, 6) is 0.123. The van der Waals surface area contributed by atoms with Gasteiger partial charge in [0, 0.05) is 5.75 Å². The van der Waals surface area contributed by atoms with Crippen molar-refractivity contribution in [2.45, 2.75) is 24.4 Å². The summed E-state index contributed by atoms with van der Waals surface area (Å²) < 4.78 is 5.14. The van der Waals surface area contributed by atoms with Crippen molar-refractivity contribution in [2.75, 3.05) is 23.9 Å². The molecule has 1 N–H and O–H groups in total. The molecule has 130 valence electrons. The summed E-state index contributed by atoms with van der Waals surface area (Å²) in [5.41, 5.74) is 1.83. The third kappa shape index (κ3) is 3.76. The lowest BCUT2D eigenvalue weighted by Gasteiger charge is -2.17. The van der Waals surface area contributed by atoms with Gasteiger partial charge in [0.05, 0.1) is 28.9 Å². The van der Waals surface area contributed by atoms with Crippen LogP contribution in [0.2, 0.25) is 0 Å².